The summed E-state index contributed by atoms with van der Waals surface area (Å²) in [6.45, 7) is 8.11. The molecule has 0 fully saturated rings. The van der Waals surface area contributed by atoms with E-state index in [9.17, 15) is 5.11 Å². The maximum absolute atomic E-state index is 9.38. The van der Waals surface area contributed by atoms with E-state index in [-0.39, 0.29) is 0 Å². The fraction of sp³-hybridized carbons (Fsp3) is 0.308. The third-order valence-electron chi connectivity index (χ3n) is 3.06. The van der Waals surface area contributed by atoms with Gasteiger partial charge < -0.3 is 5.11 Å². The first-order valence-electron chi connectivity index (χ1n) is 5.33. The molecular weight excluding hydrogens is 200 g/mol. The molecule has 0 unspecified atom stereocenters. The van der Waals surface area contributed by atoms with Gasteiger partial charge in [-0.2, -0.15) is 5.10 Å². The van der Waals surface area contributed by atoms with Gasteiger partial charge in [0.1, 0.15) is 5.75 Å². The summed E-state index contributed by atoms with van der Waals surface area (Å²) >= 11 is 0. The summed E-state index contributed by atoms with van der Waals surface area (Å²) in [6, 6.07) is 5.33. The van der Waals surface area contributed by atoms with E-state index < -0.39 is 0 Å². The predicted octanol–water partition coefficient (Wildman–Crippen LogP) is 2.81. The molecule has 3 nitrogen and oxygen atoms in total. The largest absolute Gasteiger partial charge is 0.508 e. The lowest BCUT2D eigenvalue weighted by atomic mass is 10.2. The fourth-order valence-corrected chi connectivity index (χ4v) is 1.83. The van der Waals surface area contributed by atoms with Gasteiger partial charge in [-0.15, -0.1) is 0 Å². The van der Waals surface area contributed by atoms with Crippen molar-refractivity contribution in [3.05, 3.63) is 40.7 Å². The lowest BCUT2D eigenvalue weighted by molar-refractivity contribution is 0.474. The summed E-state index contributed by atoms with van der Waals surface area (Å²) in [5, 5.41) is 13.9. The zero-order chi connectivity index (χ0) is 11.9. The predicted molar refractivity (Wildman–Crippen MR) is 64.2 cm³/mol. The Hall–Kier alpha value is -1.77. The molecule has 3 heteroatoms. The number of phenols is 1. The number of aryl methyl sites for hydroxylation is 2. The molecule has 1 aromatic carbocycles. The highest BCUT2D eigenvalue weighted by atomic mass is 16.3. The number of hydrogen-bond acceptors (Lipinski definition) is 2. The second kappa shape index (κ2) is 3.67. The third-order valence-corrected chi connectivity index (χ3v) is 3.06. The van der Waals surface area contributed by atoms with Crippen LogP contribution in [-0.2, 0) is 0 Å². The second-order valence-corrected chi connectivity index (χ2v) is 4.18. The van der Waals surface area contributed by atoms with Crippen LogP contribution in [0.25, 0.3) is 5.69 Å². The van der Waals surface area contributed by atoms with Crippen LogP contribution in [0.15, 0.2) is 18.2 Å². The Balaban J connectivity index is 2.63. The molecule has 0 atom stereocenters. The Morgan fingerprint density at radius 3 is 2.31 bits per heavy atom. The number of hydrogen-bond donors (Lipinski definition) is 1. The molecule has 0 bridgehead atoms. The minimum atomic E-state index is 0.291. The number of phenolic OH excluding ortho intramolecular Hbond substituents is 1. The summed E-state index contributed by atoms with van der Waals surface area (Å²) in [4.78, 5) is 0. The van der Waals surface area contributed by atoms with Gasteiger partial charge in [0.25, 0.3) is 0 Å². The highest BCUT2D eigenvalue weighted by molar-refractivity contribution is 5.46. The quantitative estimate of drug-likeness (QED) is 0.796. The van der Waals surface area contributed by atoms with Gasteiger partial charge in [0, 0.05) is 5.69 Å². The Morgan fingerprint density at radius 1 is 1.12 bits per heavy atom. The van der Waals surface area contributed by atoms with E-state index in [0.29, 0.717) is 5.75 Å². The van der Waals surface area contributed by atoms with Crippen LogP contribution in [0.3, 0.4) is 0 Å². The van der Waals surface area contributed by atoms with Crippen molar-refractivity contribution in [2.24, 2.45) is 0 Å². The molecule has 84 valence electrons. The van der Waals surface area contributed by atoms with E-state index in [2.05, 4.69) is 18.9 Å². The summed E-state index contributed by atoms with van der Waals surface area (Å²) in [6.07, 6.45) is 0. The van der Waals surface area contributed by atoms with Crippen LogP contribution in [0.5, 0.6) is 5.75 Å². The van der Waals surface area contributed by atoms with E-state index >= 15 is 0 Å². The lowest BCUT2D eigenvalue weighted by Gasteiger charge is -2.08. The molecular formula is C13H16N2O. The molecule has 1 aromatic heterocycles. The second-order valence-electron chi connectivity index (χ2n) is 4.18. The first-order valence-corrected chi connectivity index (χ1v) is 5.33. The molecule has 0 saturated carbocycles. The zero-order valence-electron chi connectivity index (χ0n) is 10.1. The standard InChI is InChI=1S/C13H16N2O/c1-8-7-12(16)5-6-13(8)15-11(4)9(2)10(3)14-15/h5-7,16H,1-4H3. The molecule has 0 aliphatic heterocycles. The number of aromatic hydroxyl groups is 1. The number of benzene rings is 1. The minimum absolute atomic E-state index is 0.291. The van der Waals surface area contributed by atoms with Crippen LogP contribution < -0.4 is 0 Å². The van der Waals surface area contributed by atoms with Gasteiger partial charge in [-0.3, -0.25) is 0 Å². The Kier molecular flexibility index (Phi) is 2.46. The van der Waals surface area contributed by atoms with Gasteiger partial charge in [-0.25, -0.2) is 4.68 Å². The molecule has 0 aliphatic carbocycles. The molecule has 16 heavy (non-hydrogen) atoms. The Bertz CT molecular complexity index is 541. The maximum Gasteiger partial charge on any atom is 0.115 e. The summed E-state index contributed by atoms with van der Waals surface area (Å²) in [5.74, 6) is 0.291. The van der Waals surface area contributed by atoms with Crippen LogP contribution in [0.4, 0.5) is 0 Å². The average molecular weight is 216 g/mol. The first-order chi connectivity index (χ1) is 7.50. The molecule has 1 heterocycles. The third kappa shape index (κ3) is 1.58. The SMILES string of the molecule is Cc1cc(O)ccc1-n1nc(C)c(C)c1C. The van der Waals surface area contributed by atoms with Gasteiger partial charge in [0.2, 0.25) is 0 Å². The molecule has 0 amide bonds. The van der Waals surface area contributed by atoms with E-state index in [1.165, 1.54) is 5.56 Å². The van der Waals surface area contributed by atoms with Crippen molar-refractivity contribution in [3.63, 3.8) is 0 Å². The van der Waals surface area contributed by atoms with Crippen molar-refractivity contribution in [1.82, 2.24) is 9.78 Å². The highest BCUT2D eigenvalue weighted by Gasteiger charge is 2.10. The zero-order valence-corrected chi connectivity index (χ0v) is 10.1. The fourth-order valence-electron chi connectivity index (χ4n) is 1.83. The van der Waals surface area contributed by atoms with Crippen molar-refractivity contribution in [3.8, 4) is 11.4 Å². The molecule has 2 aromatic rings. The van der Waals surface area contributed by atoms with Gasteiger partial charge in [0.05, 0.1) is 11.4 Å². The van der Waals surface area contributed by atoms with Crippen LogP contribution >= 0.6 is 0 Å². The Morgan fingerprint density at radius 2 is 1.81 bits per heavy atom. The smallest absolute Gasteiger partial charge is 0.115 e. The topological polar surface area (TPSA) is 38.0 Å². The van der Waals surface area contributed by atoms with Crippen molar-refractivity contribution in [1.29, 1.82) is 0 Å². The lowest BCUT2D eigenvalue weighted by Crippen LogP contribution is -2.01. The molecule has 0 saturated heterocycles. The monoisotopic (exact) mass is 216 g/mol. The minimum Gasteiger partial charge on any atom is -0.508 e. The van der Waals surface area contributed by atoms with Crippen molar-refractivity contribution in [2.75, 3.05) is 0 Å². The number of nitrogens with zero attached hydrogens (tertiary/aromatic N) is 2. The highest BCUT2D eigenvalue weighted by Crippen LogP contribution is 2.22. The average Bonchev–Trinajstić information content (AvgIpc) is 2.46. The van der Waals surface area contributed by atoms with E-state index in [0.717, 1.165) is 22.6 Å². The molecule has 0 radical (unpaired) electrons. The first kappa shape index (κ1) is 10.7. The van der Waals surface area contributed by atoms with Gasteiger partial charge in [-0.1, -0.05) is 0 Å². The molecule has 2 rings (SSSR count). The molecule has 1 N–H and O–H groups in total. The number of rotatable bonds is 1. The maximum atomic E-state index is 9.38. The summed E-state index contributed by atoms with van der Waals surface area (Å²) in [5.41, 5.74) is 5.45. The number of aromatic nitrogens is 2. The van der Waals surface area contributed by atoms with E-state index in [4.69, 9.17) is 0 Å². The van der Waals surface area contributed by atoms with Crippen LogP contribution in [-0.4, -0.2) is 14.9 Å². The van der Waals surface area contributed by atoms with Crippen molar-refractivity contribution < 1.29 is 5.11 Å². The van der Waals surface area contributed by atoms with Gasteiger partial charge in [0.15, 0.2) is 0 Å². The van der Waals surface area contributed by atoms with Crippen molar-refractivity contribution in [2.45, 2.75) is 27.7 Å². The van der Waals surface area contributed by atoms with Gasteiger partial charge in [-0.05, 0) is 57.0 Å². The molecule has 0 aliphatic rings. The molecule has 0 spiro atoms. The summed E-state index contributed by atoms with van der Waals surface area (Å²) < 4.78 is 1.93. The van der Waals surface area contributed by atoms with Crippen LogP contribution in [0.1, 0.15) is 22.5 Å². The van der Waals surface area contributed by atoms with E-state index in [1.807, 2.05) is 24.6 Å². The Labute approximate surface area is 95.3 Å². The van der Waals surface area contributed by atoms with Crippen LogP contribution in [0, 0.1) is 27.7 Å². The van der Waals surface area contributed by atoms with Gasteiger partial charge >= 0.3 is 0 Å². The summed E-state index contributed by atoms with van der Waals surface area (Å²) in [7, 11) is 0. The van der Waals surface area contributed by atoms with Crippen LogP contribution in [0.2, 0.25) is 0 Å². The van der Waals surface area contributed by atoms with Crippen molar-refractivity contribution >= 4 is 0 Å². The van der Waals surface area contributed by atoms with E-state index in [1.54, 1.807) is 12.1 Å². The normalized spacial score (nSPS) is 10.8.